The Hall–Kier alpha value is -1.11. The molecule has 1 heteroatoms. The summed E-state index contributed by atoms with van der Waals surface area (Å²) in [5, 5.41) is 0. The average Bonchev–Trinajstić information content (AvgIpc) is 2.36. The minimum absolute atomic E-state index is 0.170. The van der Waals surface area contributed by atoms with Gasteiger partial charge in [0.1, 0.15) is 5.78 Å². The zero-order valence-corrected chi connectivity index (χ0v) is 10.2. The molecule has 16 heavy (non-hydrogen) atoms. The standard InChI is InChI=1S/C15H20O/c1-3-11-9-10-14(15(16)4-2)13-8-6-5-7-12(11)13/h5-8,11,14H,3-4,9-10H2,1-2H3. The topological polar surface area (TPSA) is 17.1 Å². The van der Waals surface area contributed by atoms with Crippen molar-refractivity contribution in [2.75, 3.05) is 0 Å². The highest BCUT2D eigenvalue weighted by Crippen LogP contribution is 2.40. The van der Waals surface area contributed by atoms with Gasteiger partial charge in [-0.3, -0.25) is 4.79 Å². The summed E-state index contributed by atoms with van der Waals surface area (Å²) in [6.07, 6.45) is 4.06. The van der Waals surface area contributed by atoms with E-state index < -0.39 is 0 Å². The molecular weight excluding hydrogens is 196 g/mol. The Morgan fingerprint density at radius 1 is 1.19 bits per heavy atom. The van der Waals surface area contributed by atoms with Crippen molar-refractivity contribution in [1.82, 2.24) is 0 Å². The third-order valence-corrected chi connectivity index (χ3v) is 3.84. The van der Waals surface area contributed by atoms with Crippen molar-refractivity contribution in [3.63, 3.8) is 0 Å². The molecule has 0 aromatic heterocycles. The number of hydrogen-bond donors (Lipinski definition) is 0. The Kier molecular flexibility index (Phi) is 3.42. The molecular formula is C15H20O. The van der Waals surface area contributed by atoms with Gasteiger partial charge < -0.3 is 0 Å². The Bertz CT molecular complexity index is 381. The van der Waals surface area contributed by atoms with Crippen LogP contribution in [0.3, 0.4) is 0 Å². The van der Waals surface area contributed by atoms with E-state index in [4.69, 9.17) is 0 Å². The SMILES string of the molecule is CCC(=O)C1CCC(CC)c2ccccc21. The maximum Gasteiger partial charge on any atom is 0.140 e. The van der Waals surface area contributed by atoms with E-state index in [1.54, 1.807) is 0 Å². The monoisotopic (exact) mass is 216 g/mol. The highest BCUT2D eigenvalue weighted by Gasteiger charge is 2.29. The smallest absolute Gasteiger partial charge is 0.140 e. The van der Waals surface area contributed by atoms with Crippen LogP contribution in [0.2, 0.25) is 0 Å². The largest absolute Gasteiger partial charge is 0.299 e. The van der Waals surface area contributed by atoms with Gasteiger partial charge in [-0.25, -0.2) is 0 Å². The lowest BCUT2D eigenvalue weighted by Gasteiger charge is -2.30. The van der Waals surface area contributed by atoms with Gasteiger partial charge in [-0.1, -0.05) is 38.1 Å². The minimum Gasteiger partial charge on any atom is -0.299 e. The predicted molar refractivity (Wildman–Crippen MR) is 66.7 cm³/mol. The zero-order chi connectivity index (χ0) is 11.5. The molecule has 0 radical (unpaired) electrons. The van der Waals surface area contributed by atoms with Crippen LogP contribution in [0.1, 0.15) is 62.5 Å². The summed E-state index contributed by atoms with van der Waals surface area (Å²) in [6.45, 7) is 4.21. The van der Waals surface area contributed by atoms with Crippen LogP contribution in [0.15, 0.2) is 24.3 Å². The van der Waals surface area contributed by atoms with Crippen molar-refractivity contribution in [2.24, 2.45) is 0 Å². The van der Waals surface area contributed by atoms with Crippen molar-refractivity contribution < 1.29 is 4.79 Å². The van der Waals surface area contributed by atoms with Crippen LogP contribution in [-0.2, 0) is 4.79 Å². The minimum atomic E-state index is 0.170. The van der Waals surface area contributed by atoms with Gasteiger partial charge in [0, 0.05) is 12.3 Å². The summed E-state index contributed by atoms with van der Waals surface area (Å²) in [6, 6.07) is 8.51. The fourth-order valence-corrected chi connectivity index (χ4v) is 2.88. The molecule has 1 nitrogen and oxygen atoms in total. The summed E-state index contributed by atoms with van der Waals surface area (Å²) >= 11 is 0. The van der Waals surface area contributed by atoms with Crippen LogP contribution in [0, 0.1) is 0 Å². The lowest BCUT2D eigenvalue weighted by molar-refractivity contribution is -0.120. The second-order valence-electron chi connectivity index (χ2n) is 4.68. The second-order valence-corrected chi connectivity index (χ2v) is 4.68. The number of rotatable bonds is 3. The highest BCUT2D eigenvalue weighted by molar-refractivity contribution is 5.86. The Morgan fingerprint density at radius 2 is 1.88 bits per heavy atom. The summed E-state index contributed by atoms with van der Waals surface area (Å²) in [5.74, 6) is 1.24. The fraction of sp³-hybridized carbons (Fsp3) is 0.533. The van der Waals surface area contributed by atoms with Crippen molar-refractivity contribution >= 4 is 5.78 Å². The van der Waals surface area contributed by atoms with E-state index in [0.717, 1.165) is 6.42 Å². The van der Waals surface area contributed by atoms with E-state index in [1.807, 2.05) is 6.92 Å². The number of fused-ring (bicyclic) bond motifs is 1. The van der Waals surface area contributed by atoms with Crippen molar-refractivity contribution in [2.45, 2.75) is 51.4 Å². The number of benzene rings is 1. The van der Waals surface area contributed by atoms with E-state index in [2.05, 4.69) is 31.2 Å². The molecule has 1 aromatic carbocycles. The van der Waals surface area contributed by atoms with Gasteiger partial charge in [-0.05, 0) is 36.3 Å². The molecule has 1 aliphatic rings. The third-order valence-electron chi connectivity index (χ3n) is 3.84. The van der Waals surface area contributed by atoms with Crippen LogP contribution < -0.4 is 0 Å². The van der Waals surface area contributed by atoms with Crippen molar-refractivity contribution in [3.8, 4) is 0 Å². The molecule has 0 saturated heterocycles. The number of Topliss-reactive ketones (excluding diaryl/α,β-unsaturated/α-hetero) is 1. The summed E-state index contributed by atoms with van der Waals surface area (Å²) < 4.78 is 0. The predicted octanol–water partition coefficient (Wildman–Crippen LogP) is 4.04. The van der Waals surface area contributed by atoms with Crippen molar-refractivity contribution in [3.05, 3.63) is 35.4 Å². The molecule has 1 aliphatic carbocycles. The zero-order valence-electron chi connectivity index (χ0n) is 10.2. The molecule has 0 N–H and O–H groups in total. The van der Waals surface area contributed by atoms with Gasteiger partial charge in [-0.2, -0.15) is 0 Å². The summed E-state index contributed by atoms with van der Waals surface area (Å²) in [7, 11) is 0. The van der Waals surface area contributed by atoms with Crippen molar-refractivity contribution in [1.29, 1.82) is 0 Å². The molecule has 0 saturated carbocycles. The van der Waals surface area contributed by atoms with Gasteiger partial charge in [0.2, 0.25) is 0 Å². The summed E-state index contributed by atoms with van der Waals surface area (Å²) in [5.41, 5.74) is 2.72. The molecule has 0 bridgehead atoms. The van der Waals surface area contributed by atoms with Gasteiger partial charge in [-0.15, -0.1) is 0 Å². The molecule has 0 aliphatic heterocycles. The molecule has 1 aromatic rings. The third kappa shape index (κ3) is 1.91. The molecule has 0 fully saturated rings. The van der Waals surface area contributed by atoms with E-state index in [9.17, 15) is 4.79 Å². The Labute approximate surface area is 97.9 Å². The van der Waals surface area contributed by atoms with E-state index in [1.165, 1.54) is 24.0 Å². The second kappa shape index (κ2) is 4.82. The average molecular weight is 216 g/mol. The van der Waals surface area contributed by atoms with Crippen LogP contribution in [0.5, 0.6) is 0 Å². The van der Waals surface area contributed by atoms with E-state index in [-0.39, 0.29) is 5.92 Å². The maximum absolute atomic E-state index is 11.9. The first-order chi connectivity index (χ1) is 7.77. The maximum atomic E-state index is 11.9. The molecule has 2 rings (SSSR count). The van der Waals surface area contributed by atoms with Crippen LogP contribution in [0.4, 0.5) is 0 Å². The first-order valence-corrected chi connectivity index (χ1v) is 6.39. The van der Waals surface area contributed by atoms with E-state index >= 15 is 0 Å². The number of hydrogen-bond acceptors (Lipinski definition) is 1. The quantitative estimate of drug-likeness (QED) is 0.745. The van der Waals surface area contributed by atoms with Gasteiger partial charge in [0.05, 0.1) is 0 Å². The number of ketones is 1. The molecule has 0 spiro atoms. The van der Waals surface area contributed by atoms with Gasteiger partial charge >= 0.3 is 0 Å². The fourth-order valence-electron chi connectivity index (χ4n) is 2.88. The lowest BCUT2D eigenvalue weighted by Crippen LogP contribution is -2.20. The number of carbonyl (C=O) groups excluding carboxylic acids is 1. The first kappa shape index (κ1) is 11.4. The molecule has 0 amide bonds. The molecule has 2 unspecified atom stereocenters. The van der Waals surface area contributed by atoms with Gasteiger partial charge in [0.25, 0.3) is 0 Å². The molecule has 2 atom stereocenters. The van der Waals surface area contributed by atoms with Crippen LogP contribution >= 0.6 is 0 Å². The normalized spacial score (nSPS) is 23.9. The molecule has 86 valence electrons. The highest BCUT2D eigenvalue weighted by atomic mass is 16.1. The molecule has 0 heterocycles. The van der Waals surface area contributed by atoms with E-state index in [0.29, 0.717) is 18.1 Å². The summed E-state index contributed by atoms with van der Waals surface area (Å²) in [4.78, 5) is 11.9. The first-order valence-electron chi connectivity index (χ1n) is 6.39. The van der Waals surface area contributed by atoms with Crippen LogP contribution in [0.25, 0.3) is 0 Å². The number of carbonyl (C=O) groups is 1. The van der Waals surface area contributed by atoms with Gasteiger partial charge in [0.15, 0.2) is 0 Å². The lowest BCUT2D eigenvalue weighted by atomic mass is 9.74. The Balaban J connectivity index is 2.38. The van der Waals surface area contributed by atoms with Crippen LogP contribution in [-0.4, -0.2) is 5.78 Å². The Morgan fingerprint density at radius 3 is 2.50 bits per heavy atom.